The number of likely N-dealkylation sites (tertiary alicyclic amines) is 1. The van der Waals surface area contributed by atoms with Crippen LogP contribution in [0.1, 0.15) is 63.0 Å². The summed E-state index contributed by atoms with van der Waals surface area (Å²) >= 11 is 0. The lowest BCUT2D eigenvalue weighted by Gasteiger charge is -2.31. The summed E-state index contributed by atoms with van der Waals surface area (Å²) in [6.45, 7) is 6.36. The summed E-state index contributed by atoms with van der Waals surface area (Å²) in [5, 5.41) is 11.9. The largest absolute Gasteiger partial charge is 0.355 e. The van der Waals surface area contributed by atoms with Crippen LogP contribution in [0.15, 0.2) is 0 Å². The Morgan fingerprint density at radius 1 is 1.22 bits per heavy atom. The van der Waals surface area contributed by atoms with Gasteiger partial charge in [-0.25, -0.2) is 0 Å². The molecule has 23 heavy (non-hydrogen) atoms. The Morgan fingerprint density at radius 2 is 2.13 bits per heavy atom. The van der Waals surface area contributed by atoms with Crippen molar-refractivity contribution in [3.8, 4) is 0 Å². The van der Waals surface area contributed by atoms with E-state index in [1.807, 2.05) is 0 Å². The fourth-order valence-electron chi connectivity index (χ4n) is 3.74. The van der Waals surface area contributed by atoms with Crippen LogP contribution in [0.5, 0.6) is 0 Å². The first-order valence-corrected chi connectivity index (χ1v) is 9.19. The van der Waals surface area contributed by atoms with Gasteiger partial charge >= 0.3 is 0 Å². The molecule has 0 aliphatic carbocycles. The number of rotatable bonds is 5. The van der Waals surface area contributed by atoms with Gasteiger partial charge in [0.2, 0.25) is 5.91 Å². The first-order valence-electron chi connectivity index (χ1n) is 9.19. The fourth-order valence-corrected chi connectivity index (χ4v) is 3.74. The Balaban J connectivity index is 1.62. The number of amides is 1. The van der Waals surface area contributed by atoms with Gasteiger partial charge in [-0.05, 0) is 38.6 Å². The van der Waals surface area contributed by atoms with Crippen molar-refractivity contribution in [3.63, 3.8) is 0 Å². The van der Waals surface area contributed by atoms with Crippen LogP contribution in [-0.4, -0.2) is 51.8 Å². The van der Waals surface area contributed by atoms with Gasteiger partial charge < -0.3 is 9.88 Å². The van der Waals surface area contributed by atoms with Crippen LogP contribution < -0.4 is 5.32 Å². The highest BCUT2D eigenvalue weighted by molar-refractivity contribution is 5.77. The van der Waals surface area contributed by atoms with E-state index in [-0.39, 0.29) is 5.91 Å². The summed E-state index contributed by atoms with van der Waals surface area (Å²) in [7, 11) is 0. The van der Waals surface area contributed by atoms with Crippen LogP contribution >= 0.6 is 0 Å². The lowest BCUT2D eigenvalue weighted by molar-refractivity contribution is -0.122. The van der Waals surface area contributed by atoms with Crippen molar-refractivity contribution in [2.75, 3.05) is 26.2 Å². The molecular weight excluding hydrogens is 290 g/mol. The van der Waals surface area contributed by atoms with E-state index in [0.717, 1.165) is 63.5 Å². The maximum atomic E-state index is 12.0. The van der Waals surface area contributed by atoms with E-state index in [9.17, 15) is 4.79 Å². The van der Waals surface area contributed by atoms with Crippen molar-refractivity contribution in [2.24, 2.45) is 0 Å². The zero-order chi connectivity index (χ0) is 16.1. The van der Waals surface area contributed by atoms with Crippen LogP contribution in [0, 0.1) is 0 Å². The van der Waals surface area contributed by atoms with Crippen LogP contribution in [0.2, 0.25) is 0 Å². The molecule has 1 aromatic heterocycles. The van der Waals surface area contributed by atoms with Gasteiger partial charge in [0, 0.05) is 32.0 Å². The molecule has 2 aliphatic heterocycles. The number of aryl methyl sites for hydroxylation is 1. The molecule has 0 radical (unpaired) electrons. The van der Waals surface area contributed by atoms with Gasteiger partial charge in [-0.1, -0.05) is 13.3 Å². The molecule has 3 heterocycles. The van der Waals surface area contributed by atoms with Gasteiger partial charge in [0.15, 0.2) is 0 Å². The number of nitrogens with one attached hydrogen (secondary N) is 1. The van der Waals surface area contributed by atoms with Gasteiger partial charge in [0.05, 0.1) is 6.54 Å². The van der Waals surface area contributed by atoms with Gasteiger partial charge in [-0.2, -0.15) is 0 Å². The molecule has 1 saturated heterocycles. The number of carbonyl (C=O) groups excluding carboxylic acids is 1. The van der Waals surface area contributed by atoms with Gasteiger partial charge in [-0.15, -0.1) is 10.2 Å². The number of fused-ring (bicyclic) bond motifs is 1. The standard InChI is InChI=1S/C17H29N5O/c1-2-9-18-16(23)13-21-10-6-7-14(12-21)17-20-19-15-8-4-3-5-11-22(15)17/h14H,2-13H2,1H3,(H,18,23). The van der Waals surface area contributed by atoms with E-state index in [1.165, 1.54) is 19.3 Å². The molecule has 128 valence electrons. The molecule has 1 N–H and O–H groups in total. The monoisotopic (exact) mass is 319 g/mol. The van der Waals surface area contributed by atoms with E-state index in [2.05, 4.69) is 31.9 Å². The van der Waals surface area contributed by atoms with Crippen molar-refractivity contribution >= 4 is 5.91 Å². The SMILES string of the molecule is CCCNC(=O)CN1CCCC(c2nnc3n2CCCCC3)C1. The van der Waals surface area contributed by atoms with E-state index in [1.54, 1.807) is 0 Å². The third-order valence-electron chi connectivity index (χ3n) is 4.95. The average Bonchev–Trinajstić information content (AvgIpc) is 2.82. The molecular formula is C17H29N5O. The molecule has 1 aromatic rings. The predicted molar refractivity (Wildman–Crippen MR) is 89.3 cm³/mol. The number of carbonyl (C=O) groups is 1. The smallest absolute Gasteiger partial charge is 0.234 e. The molecule has 0 spiro atoms. The number of hydrogen-bond acceptors (Lipinski definition) is 4. The highest BCUT2D eigenvalue weighted by Gasteiger charge is 2.28. The molecule has 1 unspecified atom stereocenters. The predicted octanol–water partition coefficient (Wildman–Crippen LogP) is 1.71. The minimum atomic E-state index is 0.146. The molecule has 1 amide bonds. The number of aromatic nitrogens is 3. The third-order valence-corrected chi connectivity index (χ3v) is 4.95. The number of nitrogens with zero attached hydrogens (tertiary/aromatic N) is 4. The zero-order valence-corrected chi connectivity index (χ0v) is 14.3. The lowest BCUT2D eigenvalue weighted by atomic mass is 9.97. The highest BCUT2D eigenvalue weighted by atomic mass is 16.2. The quantitative estimate of drug-likeness (QED) is 0.897. The van der Waals surface area contributed by atoms with Crippen molar-refractivity contribution < 1.29 is 4.79 Å². The Morgan fingerprint density at radius 3 is 3.00 bits per heavy atom. The minimum Gasteiger partial charge on any atom is -0.355 e. The molecule has 6 nitrogen and oxygen atoms in total. The zero-order valence-electron chi connectivity index (χ0n) is 14.3. The Labute approximate surface area is 138 Å². The topological polar surface area (TPSA) is 63.1 Å². The van der Waals surface area contributed by atoms with Crippen LogP contribution in [0.4, 0.5) is 0 Å². The maximum Gasteiger partial charge on any atom is 0.234 e. The summed E-state index contributed by atoms with van der Waals surface area (Å²) in [5.74, 6) is 2.88. The van der Waals surface area contributed by atoms with E-state index < -0.39 is 0 Å². The Bertz CT molecular complexity index is 527. The summed E-state index contributed by atoms with van der Waals surface area (Å²) in [6.07, 6.45) is 8.08. The van der Waals surface area contributed by atoms with Crippen molar-refractivity contribution in [2.45, 2.75) is 64.3 Å². The summed E-state index contributed by atoms with van der Waals surface area (Å²) < 4.78 is 2.36. The lowest BCUT2D eigenvalue weighted by Crippen LogP contribution is -2.42. The molecule has 0 aromatic carbocycles. The van der Waals surface area contributed by atoms with E-state index >= 15 is 0 Å². The first-order chi connectivity index (χ1) is 11.3. The average molecular weight is 319 g/mol. The second-order valence-electron chi connectivity index (χ2n) is 6.86. The van der Waals surface area contributed by atoms with Crippen molar-refractivity contribution in [3.05, 3.63) is 11.6 Å². The molecule has 3 rings (SSSR count). The van der Waals surface area contributed by atoms with Gasteiger partial charge in [-0.3, -0.25) is 9.69 Å². The summed E-state index contributed by atoms with van der Waals surface area (Å²) in [5.41, 5.74) is 0. The molecule has 0 saturated carbocycles. The second kappa shape index (κ2) is 7.90. The highest BCUT2D eigenvalue weighted by Crippen LogP contribution is 2.27. The molecule has 6 heteroatoms. The molecule has 2 aliphatic rings. The van der Waals surface area contributed by atoms with Crippen LogP contribution in [0.25, 0.3) is 0 Å². The number of hydrogen-bond donors (Lipinski definition) is 1. The van der Waals surface area contributed by atoms with Gasteiger partial charge in [0.1, 0.15) is 11.6 Å². The molecule has 1 fully saturated rings. The van der Waals surface area contributed by atoms with Gasteiger partial charge in [0.25, 0.3) is 0 Å². The number of piperidine rings is 1. The van der Waals surface area contributed by atoms with Crippen LogP contribution in [-0.2, 0) is 17.8 Å². The first kappa shape index (κ1) is 16.4. The minimum absolute atomic E-state index is 0.146. The van der Waals surface area contributed by atoms with E-state index in [4.69, 9.17) is 0 Å². The molecule has 1 atom stereocenters. The summed E-state index contributed by atoms with van der Waals surface area (Å²) in [4.78, 5) is 14.2. The Hall–Kier alpha value is -1.43. The van der Waals surface area contributed by atoms with Crippen molar-refractivity contribution in [1.29, 1.82) is 0 Å². The normalized spacial score (nSPS) is 22.4. The Kier molecular flexibility index (Phi) is 5.65. The fraction of sp³-hybridized carbons (Fsp3) is 0.824. The van der Waals surface area contributed by atoms with Crippen LogP contribution in [0.3, 0.4) is 0 Å². The van der Waals surface area contributed by atoms with E-state index in [0.29, 0.717) is 12.5 Å². The second-order valence-corrected chi connectivity index (χ2v) is 6.86. The maximum absolute atomic E-state index is 12.0. The summed E-state index contributed by atoms with van der Waals surface area (Å²) in [6, 6.07) is 0. The van der Waals surface area contributed by atoms with Crippen molar-refractivity contribution in [1.82, 2.24) is 25.0 Å². The third kappa shape index (κ3) is 4.10. The molecule has 0 bridgehead atoms.